The van der Waals surface area contributed by atoms with Crippen molar-refractivity contribution in [3.8, 4) is 11.5 Å². The Kier molecular flexibility index (Phi) is 10.0. The van der Waals surface area contributed by atoms with E-state index in [1.165, 1.54) is 0 Å². The second-order valence-electron chi connectivity index (χ2n) is 5.82. The molecular weight excluding hydrogens is 363 g/mol. The third-order valence-electron chi connectivity index (χ3n) is 3.93. The summed E-state index contributed by atoms with van der Waals surface area (Å²) in [5.41, 5.74) is 0.549. The van der Waals surface area contributed by atoms with Crippen molar-refractivity contribution in [3.63, 3.8) is 0 Å². The first kappa shape index (κ1) is 21.9. The Balaban J connectivity index is 0.00000312. The van der Waals surface area contributed by atoms with E-state index in [-0.39, 0.29) is 18.3 Å². The van der Waals surface area contributed by atoms with Gasteiger partial charge < -0.3 is 19.7 Å². The lowest BCUT2D eigenvalue weighted by Crippen LogP contribution is -2.34. The van der Waals surface area contributed by atoms with Gasteiger partial charge in [0.05, 0.1) is 18.2 Å². The van der Waals surface area contributed by atoms with Crippen LogP contribution in [0.25, 0.3) is 0 Å². The van der Waals surface area contributed by atoms with Crippen LogP contribution in [-0.4, -0.2) is 50.2 Å². The van der Waals surface area contributed by atoms with Crippen LogP contribution < -0.4 is 14.8 Å². The summed E-state index contributed by atoms with van der Waals surface area (Å²) in [6, 6.07) is 3.43. The van der Waals surface area contributed by atoms with Crippen molar-refractivity contribution in [2.45, 2.75) is 33.1 Å². The van der Waals surface area contributed by atoms with Gasteiger partial charge in [0, 0.05) is 25.2 Å². The highest BCUT2D eigenvalue weighted by Gasteiger charge is 2.21. The molecule has 1 aliphatic heterocycles. The maximum absolute atomic E-state index is 12.8. The summed E-state index contributed by atoms with van der Waals surface area (Å²) in [4.78, 5) is 14.6. The Morgan fingerprint density at radius 1 is 1.24 bits per heavy atom. The van der Waals surface area contributed by atoms with Gasteiger partial charge in [0.15, 0.2) is 11.5 Å². The number of benzene rings is 1. The highest BCUT2D eigenvalue weighted by atomic mass is 35.5. The van der Waals surface area contributed by atoms with Gasteiger partial charge in [-0.15, -0.1) is 12.4 Å². The lowest BCUT2D eigenvalue weighted by molar-refractivity contribution is 0.0766. The van der Waals surface area contributed by atoms with E-state index in [4.69, 9.17) is 21.1 Å². The van der Waals surface area contributed by atoms with E-state index in [1.54, 1.807) is 12.1 Å². The number of amides is 1. The highest BCUT2D eigenvalue weighted by Crippen LogP contribution is 2.37. The van der Waals surface area contributed by atoms with Crippen LogP contribution in [0.1, 0.15) is 43.5 Å². The number of ether oxygens (including phenoxy) is 2. The van der Waals surface area contributed by atoms with Crippen LogP contribution in [0.3, 0.4) is 0 Å². The van der Waals surface area contributed by atoms with Crippen molar-refractivity contribution >= 4 is 29.9 Å². The van der Waals surface area contributed by atoms with Gasteiger partial charge in [0.1, 0.15) is 0 Å². The maximum atomic E-state index is 12.8. The van der Waals surface area contributed by atoms with Gasteiger partial charge in [0.25, 0.3) is 5.91 Å². The van der Waals surface area contributed by atoms with Crippen molar-refractivity contribution in [1.82, 2.24) is 10.2 Å². The molecule has 25 heavy (non-hydrogen) atoms. The summed E-state index contributed by atoms with van der Waals surface area (Å²) in [6.45, 7) is 8.30. The molecule has 0 saturated carbocycles. The standard InChI is InChI=1S/C18H27ClN2O3.ClH/c1-3-5-11-24-17-15(19)12-14(13-16(17)23-4-2)18(22)21-9-6-7-20-8-10-21;/h12-13,20H,3-11H2,1-2H3;1H. The number of unbranched alkanes of at least 4 members (excludes halogenated alkanes) is 1. The predicted molar refractivity (Wildman–Crippen MR) is 104 cm³/mol. The Morgan fingerprint density at radius 2 is 2.04 bits per heavy atom. The zero-order chi connectivity index (χ0) is 17.4. The topological polar surface area (TPSA) is 50.8 Å². The Bertz CT molecular complexity index is 547. The van der Waals surface area contributed by atoms with Crippen LogP contribution in [0.2, 0.25) is 5.02 Å². The van der Waals surface area contributed by atoms with Crippen molar-refractivity contribution in [2.24, 2.45) is 0 Å². The lowest BCUT2D eigenvalue weighted by Gasteiger charge is -2.21. The van der Waals surface area contributed by atoms with E-state index in [1.807, 2.05) is 11.8 Å². The molecule has 0 radical (unpaired) electrons. The van der Waals surface area contributed by atoms with Gasteiger partial charge in [-0.25, -0.2) is 0 Å². The quantitative estimate of drug-likeness (QED) is 0.719. The van der Waals surface area contributed by atoms with Crippen LogP contribution >= 0.6 is 24.0 Å². The summed E-state index contributed by atoms with van der Waals surface area (Å²) in [5.74, 6) is 1.06. The first-order valence-electron chi connectivity index (χ1n) is 8.76. The molecule has 0 spiro atoms. The zero-order valence-corrected chi connectivity index (χ0v) is 16.5. The summed E-state index contributed by atoms with van der Waals surface area (Å²) in [5, 5.41) is 3.72. The Morgan fingerprint density at radius 3 is 2.76 bits per heavy atom. The minimum Gasteiger partial charge on any atom is -0.490 e. The van der Waals surface area contributed by atoms with Gasteiger partial charge in [-0.1, -0.05) is 24.9 Å². The Labute approximate surface area is 161 Å². The lowest BCUT2D eigenvalue weighted by atomic mass is 10.1. The first-order valence-corrected chi connectivity index (χ1v) is 9.14. The van der Waals surface area contributed by atoms with Crippen molar-refractivity contribution in [2.75, 3.05) is 39.4 Å². The maximum Gasteiger partial charge on any atom is 0.254 e. The second kappa shape index (κ2) is 11.4. The summed E-state index contributed by atoms with van der Waals surface area (Å²) < 4.78 is 11.4. The van der Waals surface area contributed by atoms with Gasteiger partial charge in [-0.3, -0.25) is 4.79 Å². The predicted octanol–water partition coefficient (Wildman–Crippen LogP) is 3.77. The smallest absolute Gasteiger partial charge is 0.254 e. The van der Waals surface area contributed by atoms with Crippen LogP contribution in [-0.2, 0) is 0 Å². The van der Waals surface area contributed by atoms with Crippen molar-refractivity contribution in [3.05, 3.63) is 22.7 Å². The molecule has 1 amide bonds. The molecule has 1 aromatic rings. The minimum absolute atomic E-state index is 0. The normalized spacial score (nSPS) is 14.4. The van der Waals surface area contributed by atoms with E-state index >= 15 is 0 Å². The molecule has 0 bridgehead atoms. The van der Waals surface area contributed by atoms with Gasteiger partial charge in [0.2, 0.25) is 0 Å². The third kappa shape index (κ3) is 6.24. The molecule has 1 aromatic carbocycles. The molecule has 1 heterocycles. The molecule has 1 fully saturated rings. The summed E-state index contributed by atoms with van der Waals surface area (Å²) in [6.07, 6.45) is 2.94. The summed E-state index contributed by atoms with van der Waals surface area (Å²) >= 11 is 6.38. The summed E-state index contributed by atoms with van der Waals surface area (Å²) in [7, 11) is 0. The van der Waals surface area contributed by atoms with Crippen LogP contribution in [0.4, 0.5) is 0 Å². The average Bonchev–Trinajstić information content (AvgIpc) is 2.86. The average molecular weight is 391 g/mol. The zero-order valence-electron chi connectivity index (χ0n) is 15.0. The number of carbonyl (C=O) groups excluding carboxylic acids is 1. The number of hydrogen-bond donors (Lipinski definition) is 1. The van der Waals surface area contributed by atoms with E-state index in [2.05, 4.69) is 12.2 Å². The monoisotopic (exact) mass is 390 g/mol. The fourth-order valence-corrected chi connectivity index (χ4v) is 2.91. The molecule has 0 aromatic heterocycles. The molecule has 1 saturated heterocycles. The van der Waals surface area contributed by atoms with E-state index < -0.39 is 0 Å². The SMILES string of the molecule is CCCCOc1c(Cl)cc(C(=O)N2CCCNCC2)cc1OCC.Cl. The van der Waals surface area contributed by atoms with Gasteiger partial charge >= 0.3 is 0 Å². The van der Waals surface area contributed by atoms with Crippen LogP contribution in [0.15, 0.2) is 12.1 Å². The molecule has 142 valence electrons. The molecule has 5 nitrogen and oxygen atoms in total. The molecule has 0 aliphatic carbocycles. The number of halogens is 2. The van der Waals surface area contributed by atoms with E-state index in [9.17, 15) is 4.79 Å². The van der Waals surface area contributed by atoms with Crippen molar-refractivity contribution < 1.29 is 14.3 Å². The van der Waals surface area contributed by atoms with Crippen LogP contribution in [0.5, 0.6) is 11.5 Å². The number of hydrogen-bond acceptors (Lipinski definition) is 4. The van der Waals surface area contributed by atoms with E-state index in [0.29, 0.717) is 41.8 Å². The number of rotatable bonds is 7. The molecule has 0 atom stereocenters. The minimum atomic E-state index is -0.0124. The largest absolute Gasteiger partial charge is 0.490 e. The molecule has 2 rings (SSSR count). The second-order valence-corrected chi connectivity index (χ2v) is 6.22. The molecular formula is C18H28Cl2N2O3. The van der Waals surface area contributed by atoms with Crippen molar-refractivity contribution in [1.29, 1.82) is 0 Å². The molecule has 7 heteroatoms. The molecule has 0 unspecified atom stereocenters. The van der Waals surface area contributed by atoms with E-state index in [0.717, 1.165) is 38.9 Å². The molecule has 1 aliphatic rings. The first-order chi connectivity index (χ1) is 11.7. The number of carbonyl (C=O) groups is 1. The highest BCUT2D eigenvalue weighted by molar-refractivity contribution is 6.32. The number of nitrogens with one attached hydrogen (secondary N) is 1. The van der Waals surface area contributed by atoms with Gasteiger partial charge in [-0.2, -0.15) is 0 Å². The van der Waals surface area contributed by atoms with Gasteiger partial charge in [-0.05, 0) is 38.4 Å². The fourth-order valence-electron chi connectivity index (χ4n) is 2.64. The fraction of sp³-hybridized carbons (Fsp3) is 0.611. The van der Waals surface area contributed by atoms with Crippen LogP contribution in [0, 0.1) is 0 Å². The Hall–Kier alpha value is -1.17. The number of nitrogens with zero attached hydrogens (tertiary/aromatic N) is 1. The molecule has 1 N–H and O–H groups in total. The third-order valence-corrected chi connectivity index (χ3v) is 4.21.